The van der Waals surface area contributed by atoms with Crippen molar-refractivity contribution in [2.24, 2.45) is 0 Å². The van der Waals surface area contributed by atoms with E-state index in [9.17, 15) is 13.2 Å². The summed E-state index contributed by atoms with van der Waals surface area (Å²) in [4.78, 5) is 3.33. The molecule has 0 unspecified atom stereocenters. The fourth-order valence-corrected chi connectivity index (χ4v) is 2.23. The van der Waals surface area contributed by atoms with Crippen LogP contribution in [0.2, 0.25) is 15.1 Å². The first-order chi connectivity index (χ1) is 9.21. The Bertz CT molecular complexity index is 672. The van der Waals surface area contributed by atoms with Crippen molar-refractivity contribution in [3.63, 3.8) is 0 Å². The minimum Gasteiger partial charge on any atom is -0.383 e. The van der Waals surface area contributed by atoms with Gasteiger partial charge in [0.2, 0.25) is 0 Å². The summed E-state index contributed by atoms with van der Waals surface area (Å²) in [5.41, 5.74) is 5.10. The van der Waals surface area contributed by atoms with Crippen LogP contribution < -0.4 is 5.73 Å². The maximum absolute atomic E-state index is 12.5. The molecule has 1 aromatic carbocycles. The quantitative estimate of drug-likeness (QED) is 0.714. The molecule has 0 bridgehead atoms. The van der Waals surface area contributed by atoms with Crippen molar-refractivity contribution in [1.29, 1.82) is 0 Å². The summed E-state index contributed by atoms with van der Waals surface area (Å²) in [5.74, 6) is -0.292. The molecule has 2 N–H and O–H groups in total. The fraction of sp³-hybridized carbons (Fsp3) is 0.0833. The van der Waals surface area contributed by atoms with E-state index in [-0.39, 0.29) is 26.4 Å². The number of nitrogens with zero attached hydrogens (tertiary/aromatic N) is 1. The molecular formula is C12H6Cl3F3N2. The molecule has 0 fully saturated rings. The molecule has 8 heteroatoms. The lowest BCUT2D eigenvalue weighted by Gasteiger charge is -2.12. The monoisotopic (exact) mass is 340 g/mol. The first-order valence-electron chi connectivity index (χ1n) is 5.19. The van der Waals surface area contributed by atoms with Gasteiger partial charge in [-0.3, -0.25) is 0 Å². The number of aromatic nitrogens is 1. The Morgan fingerprint density at radius 3 is 2.05 bits per heavy atom. The Labute approximate surface area is 127 Å². The molecule has 0 amide bonds. The molecular weight excluding hydrogens is 335 g/mol. The highest BCUT2D eigenvalue weighted by Gasteiger charge is 2.33. The highest BCUT2D eigenvalue weighted by atomic mass is 35.5. The number of benzene rings is 1. The van der Waals surface area contributed by atoms with Crippen LogP contribution in [0.25, 0.3) is 11.1 Å². The maximum Gasteiger partial charge on any atom is 0.433 e. The van der Waals surface area contributed by atoms with E-state index >= 15 is 0 Å². The third-order valence-corrected chi connectivity index (χ3v) is 3.83. The molecule has 1 aromatic heterocycles. The van der Waals surface area contributed by atoms with Crippen LogP contribution in [0.5, 0.6) is 0 Å². The third kappa shape index (κ3) is 2.80. The molecule has 0 saturated heterocycles. The van der Waals surface area contributed by atoms with Gasteiger partial charge in [0.25, 0.3) is 0 Å². The topological polar surface area (TPSA) is 38.9 Å². The van der Waals surface area contributed by atoms with Gasteiger partial charge in [0.15, 0.2) is 0 Å². The lowest BCUT2D eigenvalue weighted by molar-refractivity contribution is -0.141. The van der Waals surface area contributed by atoms with Gasteiger partial charge >= 0.3 is 6.18 Å². The van der Waals surface area contributed by atoms with E-state index < -0.39 is 11.9 Å². The van der Waals surface area contributed by atoms with Crippen molar-refractivity contribution < 1.29 is 13.2 Å². The Hall–Kier alpha value is -1.17. The third-order valence-electron chi connectivity index (χ3n) is 2.54. The largest absolute Gasteiger partial charge is 0.433 e. The lowest BCUT2D eigenvalue weighted by atomic mass is 10.1. The zero-order chi connectivity index (χ0) is 15.1. The maximum atomic E-state index is 12.5. The van der Waals surface area contributed by atoms with Crippen LogP contribution >= 0.6 is 34.8 Å². The molecule has 0 aliphatic carbocycles. The summed E-state index contributed by atoms with van der Waals surface area (Å²) in [6, 6.07) is 5.00. The van der Waals surface area contributed by atoms with Crippen molar-refractivity contribution in [3.05, 3.63) is 45.0 Å². The summed E-state index contributed by atoms with van der Waals surface area (Å²) in [7, 11) is 0. The molecule has 0 aliphatic heterocycles. The molecule has 0 saturated carbocycles. The van der Waals surface area contributed by atoms with Gasteiger partial charge in [0, 0.05) is 11.1 Å². The van der Waals surface area contributed by atoms with Crippen LogP contribution in [0.3, 0.4) is 0 Å². The number of rotatable bonds is 1. The van der Waals surface area contributed by atoms with Crippen LogP contribution in [-0.2, 0) is 6.18 Å². The van der Waals surface area contributed by atoms with Gasteiger partial charge in [-0.05, 0) is 18.2 Å². The molecule has 1 heterocycles. The Balaban J connectivity index is 2.58. The van der Waals surface area contributed by atoms with Gasteiger partial charge in [0.1, 0.15) is 11.5 Å². The Kier molecular flexibility index (Phi) is 4.04. The van der Waals surface area contributed by atoms with Crippen LogP contribution in [-0.4, -0.2) is 4.98 Å². The average molecular weight is 342 g/mol. The van der Waals surface area contributed by atoms with Crippen LogP contribution in [0.4, 0.5) is 19.0 Å². The van der Waals surface area contributed by atoms with E-state index in [0.29, 0.717) is 5.56 Å². The highest BCUT2D eigenvalue weighted by molar-refractivity contribution is 6.49. The van der Waals surface area contributed by atoms with E-state index in [2.05, 4.69) is 4.98 Å². The predicted molar refractivity (Wildman–Crippen MR) is 74.1 cm³/mol. The normalized spacial score (nSPS) is 11.7. The van der Waals surface area contributed by atoms with Crippen molar-refractivity contribution in [2.45, 2.75) is 6.18 Å². The Morgan fingerprint density at radius 2 is 1.50 bits per heavy atom. The molecule has 20 heavy (non-hydrogen) atoms. The number of hydrogen-bond donors (Lipinski definition) is 1. The molecule has 0 atom stereocenters. The number of nitrogen functional groups attached to an aromatic ring is 1. The van der Waals surface area contributed by atoms with E-state index in [4.69, 9.17) is 40.5 Å². The number of nitrogens with two attached hydrogens (primary N) is 1. The minimum atomic E-state index is -4.56. The summed E-state index contributed by atoms with van der Waals surface area (Å²) >= 11 is 17.7. The SMILES string of the molecule is Nc1nc(C(F)(F)F)ccc1-c1ccc(Cl)c(Cl)c1Cl. The first-order valence-corrected chi connectivity index (χ1v) is 6.33. The van der Waals surface area contributed by atoms with Crippen LogP contribution in [0.1, 0.15) is 5.69 Å². The number of halogens is 6. The van der Waals surface area contributed by atoms with Gasteiger partial charge < -0.3 is 5.73 Å². The molecule has 0 aliphatic rings. The standard InChI is InChI=1S/C12H6Cl3F3N2/c13-7-3-1-5(9(14)10(7)15)6-2-4-8(12(16,17)18)20-11(6)19/h1-4H,(H2,19,20). The predicted octanol–water partition coefficient (Wildman–Crippen LogP) is 5.31. The number of pyridine rings is 1. The minimum absolute atomic E-state index is 0.102. The number of alkyl halides is 3. The smallest absolute Gasteiger partial charge is 0.383 e. The van der Waals surface area contributed by atoms with E-state index in [0.717, 1.165) is 6.07 Å². The molecule has 2 rings (SSSR count). The van der Waals surface area contributed by atoms with Gasteiger partial charge in [-0.1, -0.05) is 40.9 Å². The van der Waals surface area contributed by atoms with Gasteiger partial charge in [-0.15, -0.1) is 0 Å². The van der Waals surface area contributed by atoms with Gasteiger partial charge in [-0.25, -0.2) is 4.98 Å². The van der Waals surface area contributed by atoms with Gasteiger partial charge in [0.05, 0.1) is 15.1 Å². The fourth-order valence-electron chi connectivity index (χ4n) is 1.59. The Morgan fingerprint density at radius 1 is 0.900 bits per heavy atom. The van der Waals surface area contributed by atoms with E-state index in [1.165, 1.54) is 18.2 Å². The van der Waals surface area contributed by atoms with Crippen molar-refractivity contribution in [1.82, 2.24) is 4.98 Å². The summed E-state index contributed by atoms with van der Waals surface area (Å²) in [6.07, 6.45) is -4.56. The van der Waals surface area contributed by atoms with Gasteiger partial charge in [-0.2, -0.15) is 13.2 Å². The summed E-state index contributed by atoms with van der Waals surface area (Å²) in [5, 5.41) is 0.441. The second-order valence-electron chi connectivity index (χ2n) is 3.85. The van der Waals surface area contributed by atoms with Crippen LogP contribution in [0.15, 0.2) is 24.3 Å². The second kappa shape index (κ2) is 5.31. The molecule has 2 aromatic rings. The van der Waals surface area contributed by atoms with Crippen molar-refractivity contribution >= 4 is 40.6 Å². The number of anilines is 1. The summed E-state index contributed by atoms with van der Waals surface area (Å²) in [6.45, 7) is 0. The molecule has 0 radical (unpaired) electrons. The lowest BCUT2D eigenvalue weighted by Crippen LogP contribution is -2.09. The zero-order valence-corrected chi connectivity index (χ0v) is 11.9. The molecule has 0 spiro atoms. The highest BCUT2D eigenvalue weighted by Crippen LogP contribution is 2.40. The van der Waals surface area contributed by atoms with E-state index in [1.807, 2.05) is 0 Å². The first kappa shape index (κ1) is 15.2. The van der Waals surface area contributed by atoms with E-state index in [1.54, 1.807) is 0 Å². The second-order valence-corrected chi connectivity index (χ2v) is 5.01. The average Bonchev–Trinajstić information content (AvgIpc) is 2.36. The molecule has 106 valence electrons. The zero-order valence-electron chi connectivity index (χ0n) is 9.60. The van der Waals surface area contributed by atoms with Crippen molar-refractivity contribution in [2.75, 3.05) is 5.73 Å². The summed E-state index contributed by atoms with van der Waals surface area (Å²) < 4.78 is 37.5. The molecule has 2 nitrogen and oxygen atoms in total. The number of hydrogen-bond acceptors (Lipinski definition) is 2. The van der Waals surface area contributed by atoms with Crippen LogP contribution in [0, 0.1) is 0 Å². The van der Waals surface area contributed by atoms with Crippen molar-refractivity contribution in [3.8, 4) is 11.1 Å².